The number of hydrogen-bond donors (Lipinski definition) is 0. The highest BCUT2D eigenvalue weighted by Crippen LogP contribution is 2.21. The maximum atomic E-state index is 12.7. The lowest BCUT2D eigenvalue weighted by Crippen LogP contribution is -2.55. The second-order valence-electron chi connectivity index (χ2n) is 6.03. The predicted octanol–water partition coefficient (Wildman–Crippen LogP) is 0.816. The number of ether oxygens (including phenoxy) is 2. The van der Waals surface area contributed by atoms with Crippen molar-refractivity contribution in [3.05, 3.63) is 12.7 Å². The molecule has 0 aromatic rings. The average Bonchev–Trinajstić information content (AvgIpc) is 2.55. The van der Waals surface area contributed by atoms with Crippen molar-refractivity contribution in [2.75, 3.05) is 32.9 Å². The van der Waals surface area contributed by atoms with Crippen molar-refractivity contribution in [1.29, 1.82) is 0 Å². The van der Waals surface area contributed by atoms with E-state index in [1.165, 1.54) is 6.08 Å². The maximum Gasteiger partial charge on any atom is 0.254 e. The van der Waals surface area contributed by atoms with E-state index in [9.17, 15) is 9.59 Å². The second-order valence-corrected chi connectivity index (χ2v) is 6.03. The molecule has 0 unspecified atom stereocenters. The van der Waals surface area contributed by atoms with E-state index in [1.54, 1.807) is 4.90 Å². The average molecular weight is 310 g/mol. The summed E-state index contributed by atoms with van der Waals surface area (Å²) in [6.45, 7) is 10.2. The number of likely N-dealkylation sites (tertiary alicyclic amines) is 1. The summed E-state index contributed by atoms with van der Waals surface area (Å²) in [7, 11) is 0. The molecule has 1 atom stereocenters. The molecule has 0 spiro atoms. The molecule has 0 aromatic carbocycles. The summed E-state index contributed by atoms with van der Waals surface area (Å²) in [5.74, 6) is -0.0342. The van der Waals surface area contributed by atoms with E-state index >= 15 is 0 Å². The standard InChI is InChI=1S/C16H26N2O4/c1-4-15(19)17-7-5-13(6-8-17)18(12(2)3)16(20)14-11-21-9-10-22-14/h4,12-14H,1,5-11H2,2-3H3/t14-/m1/s1. The number of carbonyl (C=O) groups is 2. The molecule has 2 aliphatic rings. The van der Waals surface area contributed by atoms with Crippen LogP contribution in [0.3, 0.4) is 0 Å². The molecule has 2 amide bonds. The smallest absolute Gasteiger partial charge is 0.254 e. The molecule has 0 radical (unpaired) electrons. The Bertz CT molecular complexity index is 410. The van der Waals surface area contributed by atoms with Gasteiger partial charge >= 0.3 is 0 Å². The highest BCUT2D eigenvalue weighted by Gasteiger charge is 2.35. The van der Waals surface area contributed by atoms with Gasteiger partial charge in [-0.1, -0.05) is 6.58 Å². The van der Waals surface area contributed by atoms with E-state index in [-0.39, 0.29) is 23.9 Å². The molecule has 22 heavy (non-hydrogen) atoms. The van der Waals surface area contributed by atoms with Gasteiger partial charge in [-0.15, -0.1) is 0 Å². The van der Waals surface area contributed by atoms with Crippen LogP contribution in [0.15, 0.2) is 12.7 Å². The maximum absolute atomic E-state index is 12.7. The van der Waals surface area contributed by atoms with Crippen LogP contribution >= 0.6 is 0 Å². The summed E-state index contributed by atoms with van der Waals surface area (Å²) in [6, 6.07) is 0.247. The normalized spacial score (nSPS) is 23.4. The Balaban J connectivity index is 1.98. The van der Waals surface area contributed by atoms with Gasteiger partial charge in [0.1, 0.15) is 0 Å². The van der Waals surface area contributed by atoms with E-state index in [4.69, 9.17) is 9.47 Å². The summed E-state index contributed by atoms with van der Waals surface area (Å²) in [4.78, 5) is 28.1. The topological polar surface area (TPSA) is 59.1 Å². The first-order valence-electron chi connectivity index (χ1n) is 7.97. The van der Waals surface area contributed by atoms with Crippen LogP contribution in [0.2, 0.25) is 0 Å². The third kappa shape index (κ3) is 3.87. The Hall–Kier alpha value is -1.40. The van der Waals surface area contributed by atoms with Crippen molar-refractivity contribution in [1.82, 2.24) is 9.80 Å². The molecule has 2 heterocycles. The number of amides is 2. The van der Waals surface area contributed by atoms with Gasteiger partial charge in [0, 0.05) is 25.2 Å². The van der Waals surface area contributed by atoms with Gasteiger partial charge in [-0.2, -0.15) is 0 Å². The van der Waals surface area contributed by atoms with Crippen LogP contribution in [0.25, 0.3) is 0 Å². The zero-order valence-corrected chi connectivity index (χ0v) is 13.5. The SMILES string of the molecule is C=CC(=O)N1CCC(N(C(=O)[C@H]2COCCO2)C(C)C)CC1. The fourth-order valence-electron chi connectivity index (χ4n) is 3.15. The van der Waals surface area contributed by atoms with Gasteiger partial charge in [0.15, 0.2) is 6.10 Å². The number of nitrogens with zero attached hydrogens (tertiary/aromatic N) is 2. The molecule has 6 nitrogen and oxygen atoms in total. The van der Waals surface area contributed by atoms with E-state index < -0.39 is 6.10 Å². The summed E-state index contributed by atoms with van der Waals surface area (Å²) < 4.78 is 10.9. The first-order chi connectivity index (χ1) is 10.5. The fourth-order valence-corrected chi connectivity index (χ4v) is 3.15. The first-order valence-corrected chi connectivity index (χ1v) is 7.97. The molecular weight excluding hydrogens is 284 g/mol. The lowest BCUT2D eigenvalue weighted by molar-refractivity contribution is -0.163. The third-order valence-electron chi connectivity index (χ3n) is 4.25. The molecule has 2 aliphatic heterocycles. The molecule has 6 heteroatoms. The Morgan fingerprint density at radius 1 is 1.27 bits per heavy atom. The highest BCUT2D eigenvalue weighted by atomic mass is 16.6. The molecular formula is C16H26N2O4. The Morgan fingerprint density at radius 3 is 2.45 bits per heavy atom. The Morgan fingerprint density at radius 2 is 1.95 bits per heavy atom. The molecule has 0 saturated carbocycles. The summed E-state index contributed by atoms with van der Waals surface area (Å²) in [6.07, 6.45) is 2.43. The molecule has 2 saturated heterocycles. The zero-order chi connectivity index (χ0) is 16.1. The largest absolute Gasteiger partial charge is 0.376 e. The van der Waals surface area contributed by atoms with Gasteiger partial charge in [0.25, 0.3) is 5.91 Å². The van der Waals surface area contributed by atoms with Gasteiger partial charge in [-0.25, -0.2) is 0 Å². The Labute approximate surface area is 132 Å². The van der Waals surface area contributed by atoms with Crippen LogP contribution in [-0.4, -0.2) is 72.7 Å². The van der Waals surface area contributed by atoms with E-state index in [0.717, 1.165) is 12.8 Å². The molecule has 0 bridgehead atoms. The van der Waals surface area contributed by atoms with Gasteiger partial charge in [0.05, 0.1) is 19.8 Å². The molecule has 124 valence electrons. The van der Waals surface area contributed by atoms with E-state index in [2.05, 4.69) is 6.58 Å². The molecule has 0 N–H and O–H groups in total. The quantitative estimate of drug-likeness (QED) is 0.721. The van der Waals surface area contributed by atoms with E-state index in [1.807, 2.05) is 18.7 Å². The number of carbonyl (C=O) groups excluding carboxylic acids is 2. The minimum atomic E-state index is -0.496. The number of rotatable bonds is 4. The lowest BCUT2D eigenvalue weighted by Gasteiger charge is -2.42. The van der Waals surface area contributed by atoms with Crippen LogP contribution in [-0.2, 0) is 19.1 Å². The second kappa shape index (κ2) is 7.74. The van der Waals surface area contributed by atoms with Gasteiger partial charge in [-0.05, 0) is 32.8 Å². The first kappa shape index (κ1) is 17.0. The highest BCUT2D eigenvalue weighted by molar-refractivity contribution is 5.87. The Kier molecular flexibility index (Phi) is 5.97. The number of piperidine rings is 1. The lowest BCUT2D eigenvalue weighted by atomic mass is 10.0. The van der Waals surface area contributed by atoms with Crippen molar-refractivity contribution in [3.8, 4) is 0 Å². The monoisotopic (exact) mass is 310 g/mol. The van der Waals surface area contributed by atoms with Crippen LogP contribution < -0.4 is 0 Å². The molecule has 0 aliphatic carbocycles. The van der Waals surface area contributed by atoms with Crippen molar-refractivity contribution in [3.63, 3.8) is 0 Å². The fraction of sp³-hybridized carbons (Fsp3) is 0.750. The summed E-state index contributed by atoms with van der Waals surface area (Å²) >= 11 is 0. The van der Waals surface area contributed by atoms with Crippen molar-refractivity contribution in [2.24, 2.45) is 0 Å². The molecule has 0 aromatic heterocycles. The van der Waals surface area contributed by atoms with Crippen molar-refractivity contribution in [2.45, 2.75) is 44.9 Å². The van der Waals surface area contributed by atoms with Crippen LogP contribution in [0.1, 0.15) is 26.7 Å². The van der Waals surface area contributed by atoms with Gasteiger partial charge in [0.2, 0.25) is 5.91 Å². The van der Waals surface area contributed by atoms with Gasteiger partial charge in [-0.3, -0.25) is 9.59 Å². The predicted molar refractivity (Wildman–Crippen MR) is 82.3 cm³/mol. The van der Waals surface area contributed by atoms with Crippen molar-refractivity contribution >= 4 is 11.8 Å². The van der Waals surface area contributed by atoms with Crippen molar-refractivity contribution < 1.29 is 19.1 Å². The van der Waals surface area contributed by atoms with Gasteiger partial charge < -0.3 is 19.3 Å². The van der Waals surface area contributed by atoms with Crippen LogP contribution in [0.4, 0.5) is 0 Å². The van der Waals surface area contributed by atoms with E-state index in [0.29, 0.717) is 32.9 Å². The minimum Gasteiger partial charge on any atom is -0.376 e. The molecule has 2 rings (SSSR count). The van der Waals surface area contributed by atoms with Crippen LogP contribution in [0, 0.1) is 0 Å². The summed E-state index contributed by atoms with van der Waals surface area (Å²) in [5.41, 5.74) is 0. The molecule has 2 fully saturated rings. The zero-order valence-electron chi connectivity index (χ0n) is 13.5. The third-order valence-corrected chi connectivity index (χ3v) is 4.25. The number of hydrogen-bond acceptors (Lipinski definition) is 4. The minimum absolute atomic E-state index is 0.00296. The summed E-state index contributed by atoms with van der Waals surface area (Å²) in [5, 5.41) is 0. The van der Waals surface area contributed by atoms with Crippen LogP contribution in [0.5, 0.6) is 0 Å².